The number of anilines is 1. The fourth-order valence-corrected chi connectivity index (χ4v) is 4.73. The molecule has 6 heteroatoms. The Kier molecular flexibility index (Phi) is 4.32. The molecule has 3 aliphatic heterocycles. The van der Waals surface area contributed by atoms with E-state index in [0.717, 1.165) is 48.6 Å². The summed E-state index contributed by atoms with van der Waals surface area (Å²) in [6.45, 7) is 6.76. The van der Waals surface area contributed by atoms with E-state index >= 15 is 0 Å². The lowest BCUT2D eigenvalue weighted by molar-refractivity contribution is -0.00306. The number of benzene rings is 2. The van der Waals surface area contributed by atoms with Crippen molar-refractivity contribution in [2.45, 2.75) is 18.9 Å². The summed E-state index contributed by atoms with van der Waals surface area (Å²) in [7, 11) is 0. The highest BCUT2D eigenvalue weighted by Gasteiger charge is 2.51. The number of nitrogens with zero attached hydrogens (tertiary/aromatic N) is 2. The molecule has 1 atom stereocenters. The first-order valence-corrected chi connectivity index (χ1v) is 10.3. The summed E-state index contributed by atoms with van der Waals surface area (Å²) in [4.78, 5) is 29.8. The maximum absolute atomic E-state index is 13.4. The van der Waals surface area contributed by atoms with Crippen LogP contribution >= 0.6 is 0 Å². The highest BCUT2D eigenvalue weighted by Crippen LogP contribution is 2.43. The summed E-state index contributed by atoms with van der Waals surface area (Å²) in [6.07, 6.45) is 0.637. The lowest BCUT2D eigenvalue weighted by Gasteiger charge is -2.30. The van der Waals surface area contributed by atoms with Crippen LogP contribution in [-0.4, -0.2) is 56.0 Å². The molecule has 0 radical (unpaired) electrons. The molecule has 1 N–H and O–H groups in total. The van der Waals surface area contributed by atoms with Gasteiger partial charge >= 0.3 is 5.97 Å². The third-order valence-electron chi connectivity index (χ3n) is 6.38. The Morgan fingerprint density at radius 2 is 1.90 bits per heavy atom. The number of ether oxygens (including phenoxy) is 1. The molecule has 1 amide bonds. The molecule has 6 nitrogen and oxygen atoms in total. The minimum Gasteiger partial charge on any atom is -0.449 e. The molecule has 2 aromatic rings. The van der Waals surface area contributed by atoms with Crippen LogP contribution in [0.3, 0.4) is 0 Å². The summed E-state index contributed by atoms with van der Waals surface area (Å²) in [5, 5.41) is 3.36. The largest absolute Gasteiger partial charge is 0.449 e. The average molecular weight is 391 g/mol. The van der Waals surface area contributed by atoms with Crippen LogP contribution in [0, 0.1) is 6.92 Å². The van der Waals surface area contributed by atoms with Gasteiger partial charge in [0.1, 0.15) is 0 Å². The second-order valence-corrected chi connectivity index (χ2v) is 8.14. The Morgan fingerprint density at radius 3 is 2.72 bits per heavy atom. The number of hydrogen-bond donors (Lipinski definition) is 1. The van der Waals surface area contributed by atoms with E-state index in [1.165, 1.54) is 0 Å². The van der Waals surface area contributed by atoms with Crippen molar-refractivity contribution in [1.29, 1.82) is 0 Å². The van der Waals surface area contributed by atoms with Crippen LogP contribution < -0.4 is 10.2 Å². The Balaban J connectivity index is 1.40. The van der Waals surface area contributed by atoms with Crippen LogP contribution in [0.5, 0.6) is 0 Å². The smallest absolute Gasteiger partial charge is 0.339 e. The van der Waals surface area contributed by atoms with Crippen molar-refractivity contribution in [3.05, 3.63) is 64.7 Å². The molecule has 2 saturated heterocycles. The number of rotatable bonds is 2. The quantitative estimate of drug-likeness (QED) is 0.796. The second-order valence-electron chi connectivity index (χ2n) is 8.14. The van der Waals surface area contributed by atoms with Crippen LogP contribution in [0.1, 0.15) is 38.3 Å². The van der Waals surface area contributed by atoms with E-state index in [0.29, 0.717) is 25.1 Å². The maximum Gasteiger partial charge on any atom is 0.339 e. The number of carbonyl (C=O) groups is 2. The van der Waals surface area contributed by atoms with Crippen molar-refractivity contribution in [3.63, 3.8) is 0 Å². The van der Waals surface area contributed by atoms with Crippen molar-refractivity contribution < 1.29 is 14.3 Å². The SMILES string of the molecule is Cc1ccc(N2CCNCC2)cc1C(=O)N1CC[C@@]2(C1)OC(=O)c1ccccc12. The minimum atomic E-state index is -0.701. The maximum atomic E-state index is 13.4. The first-order chi connectivity index (χ1) is 14.1. The van der Waals surface area contributed by atoms with Gasteiger partial charge in [-0.05, 0) is 30.7 Å². The summed E-state index contributed by atoms with van der Waals surface area (Å²) >= 11 is 0. The number of piperazine rings is 1. The number of aryl methyl sites for hydroxylation is 1. The molecular formula is C23H25N3O3. The van der Waals surface area contributed by atoms with Crippen LogP contribution in [0.2, 0.25) is 0 Å². The molecule has 0 aliphatic carbocycles. The lowest BCUT2D eigenvalue weighted by atomic mass is 9.91. The van der Waals surface area contributed by atoms with E-state index in [1.807, 2.05) is 42.2 Å². The monoisotopic (exact) mass is 391 g/mol. The molecule has 1 spiro atoms. The van der Waals surface area contributed by atoms with Gasteiger partial charge in [-0.2, -0.15) is 0 Å². The van der Waals surface area contributed by atoms with Gasteiger partial charge in [0.15, 0.2) is 5.60 Å². The Morgan fingerprint density at radius 1 is 1.10 bits per heavy atom. The number of carbonyl (C=O) groups excluding carboxylic acids is 2. The minimum absolute atomic E-state index is 0.0109. The van der Waals surface area contributed by atoms with Gasteiger partial charge in [0.2, 0.25) is 0 Å². The number of likely N-dealkylation sites (tertiary alicyclic amines) is 1. The Bertz CT molecular complexity index is 983. The molecule has 0 bridgehead atoms. The van der Waals surface area contributed by atoms with E-state index in [9.17, 15) is 9.59 Å². The third-order valence-corrected chi connectivity index (χ3v) is 6.38. The fraction of sp³-hybridized carbons (Fsp3) is 0.391. The van der Waals surface area contributed by atoms with E-state index in [1.54, 1.807) is 6.07 Å². The van der Waals surface area contributed by atoms with E-state index < -0.39 is 5.60 Å². The summed E-state index contributed by atoms with van der Waals surface area (Å²) in [6, 6.07) is 13.7. The molecule has 3 aliphatic rings. The first-order valence-electron chi connectivity index (χ1n) is 10.3. The van der Waals surface area contributed by atoms with Gasteiger partial charge in [-0.25, -0.2) is 4.79 Å². The van der Waals surface area contributed by atoms with Crippen LogP contribution in [0.25, 0.3) is 0 Å². The van der Waals surface area contributed by atoms with Gasteiger partial charge in [0.25, 0.3) is 5.91 Å². The second kappa shape index (κ2) is 6.88. The predicted octanol–water partition coefficient (Wildman–Crippen LogP) is 2.32. The zero-order valence-corrected chi connectivity index (χ0v) is 16.6. The lowest BCUT2D eigenvalue weighted by Crippen LogP contribution is -2.43. The standard InChI is InChI=1S/C23H25N3O3/c1-16-6-7-17(25-12-9-24-10-13-25)14-19(16)21(27)26-11-8-23(15-26)20-5-3-2-4-18(20)22(28)29-23/h2-7,14,24H,8-13,15H2,1H3/t23-/m0/s1. The van der Waals surface area contributed by atoms with Crippen molar-refractivity contribution in [2.24, 2.45) is 0 Å². The van der Waals surface area contributed by atoms with Gasteiger partial charge in [-0.15, -0.1) is 0 Å². The Labute approximate surface area is 170 Å². The summed E-state index contributed by atoms with van der Waals surface area (Å²) in [5.41, 5.74) is 3.62. The molecule has 0 saturated carbocycles. The van der Waals surface area contributed by atoms with Gasteiger partial charge in [-0.1, -0.05) is 24.3 Å². The highest BCUT2D eigenvalue weighted by molar-refractivity contribution is 5.98. The number of nitrogens with one attached hydrogen (secondary N) is 1. The number of fused-ring (bicyclic) bond motifs is 2. The van der Waals surface area contributed by atoms with Crippen molar-refractivity contribution >= 4 is 17.6 Å². The summed E-state index contributed by atoms with van der Waals surface area (Å²) < 4.78 is 5.80. The molecule has 2 fully saturated rings. The van der Waals surface area contributed by atoms with E-state index in [-0.39, 0.29) is 11.9 Å². The number of amides is 1. The van der Waals surface area contributed by atoms with E-state index in [4.69, 9.17) is 4.74 Å². The van der Waals surface area contributed by atoms with Gasteiger partial charge < -0.3 is 19.9 Å². The fourth-order valence-electron chi connectivity index (χ4n) is 4.73. The summed E-state index contributed by atoms with van der Waals surface area (Å²) in [5.74, 6) is -0.274. The molecule has 2 aromatic carbocycles. The van der Waals surface area contributed by atoms with Gasteiger partial charge in [-0.3, -0.25) is 4.79 Å². The number of hydrogen-bond acceptors (Lipinski definition) is 5. The molecule has 0 aromatic heterocycles. The Hall–Kier alpha value is -2.86. The predicted molar refractivity (Wildman–Crippen MR) is 110 cm³/mol. The zero-order valence-electron chi connectivity index (χ0n) is 16.6. The normalized spacial score (nSPS) is 23.4. The molecule has 29 heavy (non-hydrogen) atoms. The molecule has 0 unspecified atom stereocenters. The van der Waals surface area contributed by atoms with Crippen LogP contribution in [0.4, 0.5) is 5.69 Å². The van der Waals surface area contributed by atoms with Gasteiger partial charge in [0, 0.05) is 56.0 Å². The first kappa shape index (κ1) is 18.2. The average Bonchev–Trinajstić information content (AvgIpc) is 3.30. The zero-order chi connectivity index (χ0) is 20.0. The van der Waals surface area contributed by atoms with Crippen molar-refractivity contribution in [2.75, 3.05) is 44.2 Å². The molecule has 5 rings (SSSR count). The molecule has 150 valence electrons. The highest BCUT2D eigenvalue weighted by atomic mass is 16.6. The van der Waals surface area contributed by atoms with Crippen LogP contribution in [0.15, 0.2) is 42.5 Å². The topological polar surface area (TPSA) is 61.9 Å². The number of esters is 1. The van der Waals surface area contributed by atoms with E-state index in [2.05, 4.69) is 16.3 Å². The molecule has 3 heterocycles. The van der Waals surface area contributed by atoms with Crippen molar-refractivity contribution in [3.8, 4) is 0 Å². The van der Waals surface area contributed by atoms with Gasteiger partial charge in [0.05, 0.1) is 12.1 Å². The molecular weight excluding hydrogens is 366 g/mol. The van der Waals surface area contributed by atoms with Crippen LogP contribution in [-0.2, 0) is 10.3 Å². The van der Waals surface area contributed by atoms with Crippen molar-refractivity contribution in [1.82, 2.24) is 10.2 Å². The third kappa shape index (κ3) is 2.99.